The van der Waals surface area contributed by atoms with E-state index in [1.807, 2.05) is 0 Å². The lowest BCUT2D eigenvalue weighted by Gasteiger charge is -2.26. The molecule has 2 aromatic rings. The SMILES string of the molecule is O=C(Nc1c2c(nn1-c1cccc(Cl)c1)CS(=O)(=O)C2)C(=O)N1CCOCC1. The Kier molecular flexibility index (Phi) is 4.86. The summed E-state index contributed by atoms with van der Waals surface area (Å²) in [7, 11) is -3.33. The van der Waals surface area contributed by atoms with E-state index in [0.717, 1.165) is 0 Å². The van der Waals surface area contributed by atoms with E-state index in [0.29, 0.717) is 48.3 Å². The minimum absolute atomic E-state index is 0.171. The number of halogens is 1. The van der Waals surface area contributed by atoms with E-state index in [2.05, 4.69) is 10.4 Å². The molecule has 2 aliphatic heterocycles. The van der Waals surface area contributed by atoms with Crippen molar-refractivity contribution >= 4 is 39.1 Å². The number of hydrogen-bond acceptors (Lipinski definition) is 6. The van der Waals surface area contributed by atoms with E-state index in [9.17, 15) is 18.0 Å². The molecular formula is C17H17ClN4O5S. The van der Waals surface area contributed by atoms with Crippen LogP contribution in [0.25, 0.3) is 5.69 Å². The third-order valence-corrected chi connectivity index (χ3v) is 6.24. The van der Waals surface area contributed by atoms with Crippen LogP contribution in [0.15, 0.2) is 24.3 Å². The lowest BCUT2D eigenvalue weighted by molar-refractivity contribution is -0.145. The van der Waals surface area contributed by atoms with E-state index in [1.54, 1.807) is 24.3 Å². The monoisotopic (exact) mass is 424 g/mol. The second-order valence-corrected chi connectivity index (χ2v) is 9.06. The first-order valence-electron chi connectivity index (χ1n) is 8.59. The van der Waals surface area contributed by atoms with Gasteiger partial charge in [-0.1, -0.05) is 17.7 Å². The van der Waals surface area contributed by atoms with Crippen LogP contribution in [-0.4, -0.2) is 61.2 Å². The number of rotatable bonds is 2. The molecule has 4 rings (SSSR count). The maximum Gasteiger partial charge on any atom is 0.315 e. The number of fused-ring (bicyclic) bond motifs is 1. The fourth-order valence-corrected chi connectivity index (χ4v) is 4.91. The molecule has 0 spiro atoms. The molecule has 0 atom stereocenters. The molecule has 1 saturated heterocycles. The van der Waals surface area contributed by atoms with Gasteiger partial charge in [0.1, 0.15) is 5.82 Å². The number of hydrogen-bond donors (Lipinski definition) is 1. The van der Waals surface area contributed by atoms with Crippen LogP contribution in [0.1, 0.15) is 11.3 Å². The number of ether oxygens (including phenoxy) is 1. The van der Waals surface area contributed by atoms with Gasteiger partial charge < -0.3 is 15.0 Å². The minimum atomic E-state index is -3.33. The zero-order valence-electron chi connectivity index (χ0n) is 14.7. The Labute approximate surface area is 166 Å². The Balaban J connectivity index is 1.69. The third kappa shape index (κ3) is 3.62. The van der Waals surface area contributed by atoms with Crippen LogP contribution in [-0.2, 0) is 35.7 Å². The maximum absolute atomic E-state index is 12.6. The van der Waals surface area contributed by atoms with Crippen molar-refractivity contribution in [2.75, 3.05) is 31.6 Å². The van der Waals surface area contributed by atoms with Gasteiger partial charge in [0.15, 0.2) is 9.84 Å². The summed E-state index contributed by atoms with van der Waals surface area (Å²) in [6.07, 6.45) is 0. The summed E-state index contributed by atoms with van der Waals surface area (Å²) in [4.78, 5) is 26.4. The molecule has 0 bridgehead atoms. The van der Waals surface area contributed by atoms with Gasteiger partial charge >= 0.3 is 11.8 Å². The second-order valence-electron chi connectivity index (χ2n) is 6.56. The molecule has 2 amide bonds. The summed E-state index contributed by atoms with van der Waals surface area (Å²) in [5, 5.41) is 7.37. The van der Waals surface area contributed by atoms with E-state index in [-0.39, 0.29) is 17.3 Å². The number of benzene rings is 1. The fraction of sp³-hybridized carbons (Fsp3) is 0.353. The highest BCUT2D eigenvalue weighted by atomic mass is 35.5. The molecule has 0 saturated carbocycles. The number of nitrogens with one attached hydrogen (secondary N) is 1. The highest BCUT2D eigenvalue weighted by Gasteiger charge is 2.34. The van der Waals surface area contributed by atoms with E-state index < -0.39 is 21.7 Å². The van der Waals surface area contributed by atoms with Gasteiger partial charge in [-0.2, -0.15) is 5.10 Å². The molecule has 0 radical (unpaired) electrons. The number of carbonyl (C=O) groups excluding carboxylic acids is 2. The average Bonchev–Trinajstić information content (AvgIpc) is 3.14. The second kappa shape index (κ2) is 7.19. The predicted octanol–water partition coefficient (Wildman–Crippen LogP) is 0.751. The summed E-state index contributed by atoms with van der Waals surface area (Å²) in [5.41, 5.74) is 1.30. The average molecular weight is 425 g/mol. The molecule has 0 aliphatic carbocycles. The Bertz CT molecular complexity index is 1060. The molecule has 1 aromatic carbocycles. The largest absolute Gasteiger partial charge is 0.378 e. The summed E-state index contributed by atoms with van der Waals surface area (Å²) in [6, 6.07) is 6.76. The zero-order chi connectivity index (χ0) is 19.9. The van der Waals surface area contributed by atoms with Crippen LogP contribution in [0.4, 0.5) is 5.82 Å². The highest BCUT2D eigenvalue weighted by molar-refractivity contribution is 7.90. The number of aromatic nitrogens is 2. The molecule has 3 heterocycles. The summed E-state index contributed by atoms with van der Waals surface area (Å²) in [5.74, 6) is -1.83. The fourth-order valence-electron chi connectivity index (χ4n) is 3.24. The highest BCUT2D eigenvalue weighted by Crippen LogP contribution is 2.33. The van der Waals surface area contributed by atoms with Crippen LogP contribution in [0, 0.1) is 0 Å². The van der Waals surface area contributed by atoms with Crippen molar-refractivity contribution in [1.82, 2.24) is 14.7 Å². The van der Waals surface area contributed by atoms with Crippen molar-refractivity contribution in [3.8, 4) is 5.69 Å². The third-order valence-electron chi connectivity index (χ3n) is 4.56. The van der Waals surface area contributed by atoms with Crippen molar-refractivity contribution in [3.05, 3.63) is 40.5 Å². The Hall–Kier alpha value is -2.43. The smallest absolute Gasteiger partial charge is 0.315 e. The summed E-state index contributed by atoms with van der Waals surface area (Å²) in [6.45, 7) is 1.39. The maximum atomic E-state index is 12.6. The lowest BCUT2D eigenvalue weighted by atomic mass is 10.2. The zero-order valence-corrected chi connectivity index (χ0v) is 16.3. The van der Waals surface area contributed by atoms with Crippen molar-refractivity contribution < 1.29 is 22.7 Å². The molecule has 148 valence electrons. The molecule has 1 N–H and O–H groups in total. The van der Waals surface area contributed by atoms with Gasteiger partial charge in [0.2, 0.25) is 0 Å². The van der Waals surface area contributed by atoms with Gasteiger partial charge in [-0.25, -0.2) is 13.1 Å². The number of carbonyl (C=O) groups is 2. The normalized spacial score (nSPS) is 18.0. The molecule has 1 fully saturated rings. The van der Waals surface area contributed by atoms with E-state index >= 15 is 0 Å². The van der Waals surface area contributed by atoms with Gasteiger partial charge in [0.05, 0.1) is 36.1 Å². The van der Waals surface area contributed by atoms with Crippen molar-refractivity contribution in [3.63, 3.8) is 0 Å². The van der Waals surface area contributed by atoms with E-state index in [1.165, 1.54) is 9.58 Å². The molecule has 0 unspecified atom stereocenters. The summed E-state index contributed by atoms with van der Waals surface area (Å²) >= 11 is 6.05. The molecule has 1 aromatic heterocycles. The number of nitrogens with zero attached hydrogens (tertiary/aromatic N) is 3. The first-order valence-corrected chi connectivity index (χ1v) is 10.8. The standard InChI is InChI=1S/C17H17ClN4O5S/c18-11-2-1-3-12(8-11)22-15(13-9-28(25,26)10-14(13)20-22)19-16(23)17(24)21-4-6-27-7-5-21/h1-3,8H,4-7,9-10H2,(H,19,23). The first kappa shape index (κ1) is 18.9. The number of amides is 2. The van der Waals surface area contributed by atoms with Crippen LogP contribution < -0.4 is 5.32 Å². The van der Waals surface area contributed by atoms with E-state index in [4.69, 9.17) is 16.3 Å². The van der Waals surface area contributed by atoms with Crippen LogP contribution in [0.5, 0.6) is 0 Å². The quantitative estimate of drug-likeness (QED) is 0.712. The Morgan fingerprint density at radius 1 is 1.18 bits per heavy atom. The van der Waals surface area contributed by atoms with Gasteiger partial charge in [0.25, 0.3) is 0 Å². The Morgan fingerprint density at radius 3 is 2.64 bits per heavy atom. The van der Waals surface area contributed by atoms with Crippen molar-refractivity contribution in [1.29, 1.82) is 0 Å². The number of sulfone groups is 1. The molecule has 28 heavy (non-hydrogen) atoms. The lowest BCUT2D eigenvalue weighted by Crippen LogP contribution is -2.46. The van der Waals surface area contributed by atoms with Gasteiger partial charge in [-0.15, -0.1) is 0 Å². The Morgan fingerprint density at radius 2 is 1.93 bits per heavy atom. The topological polar surface area (TPSA) is 111 Å². The number of anilines is 1. The van der Waals surface area contributed by atoms with Crippen LogP contribution in [0.2, 0.25) is 5.02 Å². The van der Waals surface area contributed by atoms with Gasteiger partial charge in [-0.3, -0.25) is 9.59 Å². The van der Waals surface area contributed by atoms with Crippen LogP contribution >= 0.6 is 11.6 Å². The van der Waals surface area contributed by atoms with Gasteiger partial charge in [0, 0.05) is 23.7 Å². The molecule has 9 nitrogen and oxygen atoms in total. The van der Waals surface area contributed by atoms with Gasteiger partial charge in [-0.05, 0) is 18.2 Å². The molecular weight excluding hydrogens is 408 g/mol. The molecule has 2 aliphatic rings. The summed E-state index contributed by atoms with van der Waals surface area (Å²) < 4.78 is 30.6. The molecule has 11 heteroatoms. The first-order chi connectivity index (χ1) is 13.3. The number of morpholine rings is 1. The van der Waals surface area contributed by atoms with Crippen molar-refractivity contribution in [2.24, 2.45) is 0 Å². The van der Waals surface area contributed by atoms with Crippen molar-refractivity contribution in [2.45, 2.75) is 11.5 Å². The predicted molar refractivity (Wildman–Crippen MR) is 101 cm³/mol. The minimum Gasteiger partial charge on any atom is -0.378 e. The van der Waals surface area contributed by atoms with Crippen LogP contribution in [0.3, 0.4) is 0 Å².